The molecule has 0 radical (unpaired) electrons. The number of nitrogens with zero attached hydrogens (tertiary/aromatic N) is 3. The molecule has 3 heterocycles. The van der Waals surface area contributed by atoms with Crippen LogP contribution >= 0.6 is 22.7 Å². The normalized spacial score (nSPS) is 11.5. The fourth-order valence-electron chi connectivity index (χ4n) is 2.63. The number of alkyl halides is 3. The zero-order valence-electron chi connectivity index (χ0n) is 15.6. The van der Waals surface area contributed by atoms with Crippen molar-refractivity contribution in [2.75, 3.05) is 17.2 Å². The molecule has 2 N–H and O–H groups in total. The standard InChI is InChI=1S/C19H14F3N5O2S2/c20-19(21,22)11-2-1-3-12(8-11)26-17(28)27-18-23-9-13(31-18)4-6-29-16-15-14(5-7-30-15)24-10-25-16/h1-3,5,7-10H,4,6H2,(H2,23,26,27,28). The number of anilines is 2. The minimum atomic E-state index is -4.48. The molecule has 0 aliphatic heterocycles. The number of carbonyl (C=O) groups is 1. The van der Waals surface area contributed by atoms with Crippen LogP contribution in [0.4, 0.5) is 28.8 Å². The molecular weight excluding hydrogens is 451 g/mol. The summed E-state index contributed by atoms with van der Waals surface area (Å²) in [6, 6.07) is 5.60. The summed E-state index contributed by atoms with van der Waals surface area (Å²) in [4.78, 5) is 25.4. The van der Waals surface area contributed by atoms with Gasteiger partial charge in [-0.2, -0.15) is 13.2 Å². The lowest BCUT2D eigenvalue weighted by Gasteiger charge is -2.09. The van der Waals surface area contributed by atoms with Gasteiger partial charge in [-0.3, -0.25) is 5.32 Å². The lowest BCUT2D eigenvalue weighted by Crippen LogP contribution is -2.19. The van der Waals surface area contributed by atoms with Gasteiger partial charge in [0.05, 0.1) is 17.7 Å². The number of thiophene rings is 1. The summed E-state index contributed by atoms with van der Waals surface area (Å²) in [7, 11) is 0. The molecule has 7 nitrogen and oxygen atoms in total. The van der Waals surface area contributed by atoms with Crippen molar-refractivity contribution in [3.8, 4) is 5.88 Å². The molecule has 0 spiro atoms. The van der Waals surface area contributed by atoms with E-state index in [2.05, 4.69) is 25.6 Å². The van der Waals surface area contributed by atoms with Gasteiger partial charge in [0.15, 0.2) is 5.13 Å². The Balaban J connectivity index is 1.30. The molecule has 4 rings (SSSR count). The zero-order chi connectivity index (χ0) is 21.8. The van der Waals surface area contributed by atoms with E-state index >= 15 is 0 Å². The van der Waals surface area contributed by atoms with Crippen molar-refractivity contribution in [3.63, 3.8) is 0 Å². The van der Waals surface area contributed by atoms with E-state index in [0.717, 1.165) is 27.2 Å². The van der Waals surface area contributed by atoms with E-state index in [0.29, 0.717) is 24.0 Å². The summed E-state index contributed by atoms with van der Waals surface area (Å²) in [5.41, 5.74) is 0.0126. The van der Waals surface area contributed by atoms with Gasteiger partial charge in [0.1, 0.15) is 11.0 Å². The third-order valence-electron chi connectivity index (χ3n) is 4.02. The average Bonchev–Trinajstić information content (AvgIpc) is 3.37. The van der Waals surface area contributed by atoms with Crippen LogP contribution in [0.5, 0.6) is 5.88 Å². The second-order valence-corrected chi connectivity index (χ2v) is 8.23. The van der Waals surface area contributed by atoms with Gasteiger partial charge >= 0.3 is 12.2 Å². The molecule has 2 amide bonds. The number of halogens is 3. The number of nitrogens with one attached hydrogen (secondary N) is 2. The van der Waals surface area contributed by atoms with Gasteiger partial charge in [-0.15, -0.1) is 22.7 Å². The summed E-state index contributed by atoms with van der Waals surface area (Å²) in [5, 5.41) is 7.12. The average molecular weight is 465 g/mol. The van der Waals surface area contributed by atoms with E-state index in [-0.39, 0.29) is 5.69 Å². The number of rotatable bonds is 6. The van der Waals surface area contributed by atoms with E-state index in [9.17, 15) is 18.0 Å². The summed E-state index contributed by atoms with van der Waals surface area (Å²) in [6.07, 6.45) is -0.885. The summed E-state index contributed by atoms with van der Waals surface area (Å²) < 4.78 is 44.9. The fraction of sp³-hybridized carbons (Fsp3) is 0.158. The Morgan fingerprint density at radius 2 is 2.00 bits per heavy atom. The highest BCUT2D eigenvalue weighted by atomic mass is 32.1. The van der Waals surface area contributed by atoms with Crippen molar-refractivity contribution >= 4 is 49.7 Å². The molecule has 12 heteroatoms. The predicted molar refractivity (Wildman–Crippen MR) is 113 cm³/mol. The van der Waals surface area contributed by atoms with Crippen LogP contribution in [0.15, 0.2) is 48.2 Å². The first-order valence-electron chi connectivity index (χ1n) is 8.89. The molecular formula is C19H14F3N5O2S2. The third kappa shape index (κ3) is 5.27. The molecule has 0 atom stereocenters. The predicted octanol–water partition coefficient (Wildman–Crippen LogP) is 5.43. The first-order chi connectivity index (χ1) is 14.9. The number of hydrogen-bond donors (Lipinski definition) is 2. The number of benzene rings is 1. The van der Waals surface area contributed by atoms with Crippen molar-refractivity contribution in [2.45, 2.75) is 12.6 Å². The molecule has 0 aliphatic carbocycles. The Bertz CT molecular complexity index is 1210. The van der Waals surface area contributed by atoms with E-state index in [1.54, 1.807) is 6.20 Å². The Labute approximate surface area is 181 Å². The number of hydrogen-bond acceptors (Lipinski definition) is 7. The summed E-state index contributed by atoms with van der Waals surface area (Å²) >= 11 is 2.74. The highest BCUT2D eigenvalue weighted by Gasteiger charge is 2.30. The number of urea groups is 1. The summed E-state index contributed by atoms with van der Waals surface area (Å²) in [5.74, 6) is 0.517. The van der Waals surface area contributed by atoms with Crippen molar-refractivity contribution in [1.82, 2.24) is 15.0 Å². The Kier molecular flexibility index (Phi) is 6.00. The largest absolute Gasteiger partial charge is 0.476 e. The minimum absolute atomic E-state index is 0.0299. The van der Waals surface area contributed by atoms with Crippen molar-refractivity contribution in [1.29, 1.82) is 0 Å². The highest BCUT2D eigenvalue weighted by molar-refractivity contribution is 7.17. The number of fused-ring (bicyclic) bond motifs is 1. The van der Waals surface area contributed by atoms with Crippen LogP contribution in [0.2, 0.25) is 0 Å². The van der Waals surface area contributed by atoms with Crippen LogP contribution in [0.25, 0.3) is 10.2 Å². The van der Waals surface area contributed by atoms with Gasteiger partial charge < -0.3 is 10.1 Å². The SMILES string of the molecule is O=C(Nc1cccc(C(F)(F)F)c1)Nc1ncc(CCOc2ncnc3ccsc23)s1. The monoisotopic (exact) mass is 465 g/mol. The van der Waals surface area contributed by atoms with Gasteiger partial charge in [0, 0.05) is 23.2 Å². The number of amides is 2. The number of ether oxygens (including phenoxy) is 1. The maximum Gasteiger partial charge on any atom is 0.416 e. The third-order valence-corrected chi connectivity index (χ3v) is 5.88. The van der Waals surface area contributed by atoms with Gasteiger partial charge in [-0.1, -0.05) is 6.07 Å². The molecule has 0 saturated heterocycles. The number of thiazole rings is 1. The van der Waals surface area contributed by atoms with Gasteiger partial charge in [0.2, 0.25) is 5.88 Å². The van der Waals surface area contributed by atoms with Crippen molar-refractivity contribution in [2.24, 2.45) is 0 Å². The van der Waals surface area contributed by atoms with Gasteiger partial charge in [-0.05, 0) is 29.6 Å². The molecule has 1 aromatic carbocycles. The molecule has 0 saturated carbocycles. The van der Waals surface area contributed by atoms with Crippen LogP contribution in [0.3, 0.4) is 0 Å². The molecule has 4 aromatic rings. The van der Waals surface area contributed by atoms with Crippen LogP contribution in [0, 0.1) is 0 Å². The highest BCUT2D eigenvalue weighted by Crippen LogP contribution is 2.31. The van der Waals surface area contributed by atoms with E-state index in [4.69, 9.17) is 4.74 Å². The molecule has 0 aliphatic rings. The molecule has 0 bridgehead atoms. The fourth-order valence-corrected chi connectivity index (χ4v) is 4.21. The minimum Gasteiger partial charge on any atom is -0.476 e. The molecule has 0 unspecified atom stereocenters. The topological polar surface area (TPSA) is 89.0 Å². The zero-order valence-corrected chi connectivity index (χ0v) is 17.3. The molecule has 31 heavy (non-hydrogen) atoms. The molecule has 3 aromatic heterocycles. The second-order valence-electron chi connectivity index (χ2n) is 6.20. The first kappa shape index (κ1) is 21.0. The van der Waals surface area contributed by atoms with Crippen LogP contribution in [-0.4, -0.2) is 27.6 Å². The quantitative estimate of drug-likeness (QED) is 0.396. The lowest BCUT2D eigenvalue weighted by molar-refractivity contribution is -0.137. The second kappa shape index (κ2) is 8.86. The van der Waals surface area contributed by atoms with E-state index in [1.807, 2.05) is 11.4 Å². The summed E-state index contributed by atoms with van der Waals surface area (Å²) in [6.45, 7) is 0.363. The smallest absolute Gasteiger partial charge is 0.416 e. The Hall–Kier alpha value is -3.25. The number of aromatic nitrogens is 3. The van der Waals surface area contributed by atoms with Crippen molar-refractivity contribution in [3.05, 3.63) is 58.7 Å². The maximum atomic E-state index is 12.8. The molecule has 160 valence electrons. The van der Waals surface area contributed by atoms with E-state index in [1.165, 1.54) is 41.1 Å². The van der Waals surface area contributed by atoms with Gasteiger partial charge in [0.25, 0.3) is 0 Å². The number of carbonyl (C=O) groups excluding carboxylic acids is 1. The Morgan fingerprint density at radius 1 is 1.13 bits per heavy atom. The Morgan fingerprint density at radius 3 is 2.84 bits per heavy atom. The van der Waals surface area contributed by atoms with Gasteiger partial charge in [-0.25, -0.2) is 19.7 Å². The van der Waals surface area contributed by atoms with Crippen LogP contribution < -0.4 is 15.4 Å². The maximum absolute atomic E-state index is 12.8. The van der Waals surface area contributed by atoms with Crippen LogP contribution in [-0.2, 0) is 12.6 Å². The molecule has 0 fully saturated rings. The van der Waals surface area contributed by atoms with Crippen LogP contribution in [0.1, 0.15) is 10.4 Å². The first-order valence-corrected chi connectivity index (χ1v) is 10.6. The van der Waals surface area contributed by atoms with Crippen molar-refractivity contribution < 1.29 is 22.7 Å². The van der Waals surface area contributed by atoms with E-state index < -0.39 is 17.8 Å². The lowest BCUT2D eigenvalue weighted by atomic mass is 10.2.